The lowest BCUT2D eigenvalue weighted by molar-refractivity contribution is -0.150. The average molecular weight is 273 g/mol. The highest BCUT2D eigenvalue weighted by Gasteiger charge is 2.61. The Morgan fingerprint density at radius 1 is 1.25 bits per heavy atom. The van der Waals surface area contributed by atoms with Crippen LogP contribution in [0.2, 0.25) is 0 Å². The quantitative estimate of drug-likeness (QED) is 0.440. The number of fused-ring (bicyclic) bond motifs is 2. The molecule has 104 valence electrons. The van der Waals surface area contributed by atoms with E-state index in [-0.39, 0.29) is 5.92 Å². The first-order valence-electron chi connectivity index (χ1n) is 6.52. The van der Waals surface area contributed by atoms with Crippen molar-refractivity contribution in [2.24, 2.45) is 17.8 Å². The smallest absolute Gasteiger partial charge is 0.307 e. The van der Waals surface area contributed by atoms with Crippen LogP contribution in [-0.4, -0.2) is 22.2 Å². The van der Waals surface area contributed by atoms with E-state index >= 15 is 0 Å². The number of carbonyl (C=O) groups is 2. The molecule has 2 aliphatic carbocycles. The molecule has 0 radical (unpaired) electrons. The number of aliphatic carboxylic acids is 1. The van der Waals surface area contributed by atoms with Crippen molar-refractivity contribution < 1.29 is 19.9 Å². The first-order chi connectivity index (χ1) is 9.60. The summed E-state index contributed by atoms with van der Waals surface area (Å²) >= 11 is 0. The number of carboxylic acids is 1. The summed E-state index contributed by atoms with van der Waals surface area (Å²) in [7, 11) is 0. The maximum atomic E-state index is 12.0. The Hall–Kier alpha value is -2.14. The van der Waals surface area contributed by atoms with E-state index in [0.717, 1.165) is 5.56 Å². The van der Waals surface area contributed by atoms with Gasteiger partial charge in [-0.15, -0.1) is 0 Å². The van der Waals surface area contributed by atoms with Crippen LogP contribution in [0.4, 0.5) is 0 Å². The van der Waals surface area contributed by atoms with Gasteiger partial charge in [0.2, 0.25) is 5.91 Å². The summed E-state index contributed by atoms with van der Waals surface area (Å²) in [5, 5.41) is 18.4. The number of nitrogens with one attached hydrogen (secondary N) is 1. The first kappa shape index (κ1) is 12.9. The summed E-state index contributed by atoms with van der Waals surface area (Å²) in [6.45, 7) is 0. The zero-order valence-corrected chi connectivity index (χ0v) is 10.7. The molecule has 3 rings (SSSR count). The van der Waals surface area contributed by atoms with E-state index in [1.165, 1.54) is 0 Å². The number of allylic oxidation sites excluding steroid dienone is 2. The van der Waals surface area contributed by atoms with Gasteiger partial charge in [0.1, 0.15) is 0 Å². The van der Waals surface area contributed by atoms with Crippen molar-refractivity contribution in [1.82, 2.24) is 5.48 Å². The highest BCUT2D eigenvalue weighted by Crippen LogP contribution is 2.57. The van der Waals surface area contributed by atoms with Crippen LogP contribution in [0.15, 0.2) is 42.5 Å². The Labute approximate surface area is 115 Å². The molecule has 0 spiro atoms. The van der Waals surface area contributed by atoms with Crippen LogP contribution >= 0.6 is 0 Å². The summed E-state index contributed by atoms with van der Waals surface area (Å²) in [4.78, 5) is 23.5. The summed E-state index contributed by atoms with van der Waals surface area (Å²) in [5.41, 5.74) is 1.91. The second kappa shape index (κ2) is 4.45. The van der Waals surface area contributed by atoms with Crippen molar-refractivity contribution in [1.29, 1.82) is 0 Å². The minimum atomic E-state index is -0.995. The maximum absolute atomic E-state index is 12.0. The van der Waals surface area contributed by atoms with Gasteiger partial charge in [-0.3, -0.25) is 14.8 Å². The van der Waals surface area contributed by atoms with Gasteiger partial charge in [0.25, 0.3) is 0 Å². The van der Waals surface area contributed by atoms with Gasteiger partial charge < -0.3 is 5.11 Å². The fourth-order valence-electron chi connectivity index (χ4n) is 3.80. The second-order valence-corrected chi connectivity index (χ2v) is 5.45. The van der Waals surface area contributed by atoms with E-state index in [4.69, 9.17) is 5.21 Å². The lowest BCUT2D eigenvalue weighted by atomic mass is 9.69. The fraction of sp³-hybridized carbons (Fsp3) is 0.333. The first-order valence-corrected chi connectivity index (χ1v) is 6.52. The molecule has 1 amide bonds. The van der Waals surface area contributed by atoms with E-state index in [0.29, 0.717) is 6.42 Å². The van der Waals surface area contributed by atoms with Gasteiger partial charge in [0.05, 0.1) is 11.8 Å². The molecule has 2 bridgehead atoms. The lowest BCUT2D eigenvalue weighted by Crippen LogP contribution is -2.45. The van der Waals surface area contributed by atoms with Gasteiger partial charge >= 0.3 is 5.97 Å². The molecule has 0 aliphatic heterocycles. The number of rotatable bonds is 3. The molecule has 1 aromatic carbocycles. The Bertz CT molecular complexity index is 583. The molecular weight excluding hydrogens is 258 g/mol. The van der Waals surface area contributed by atoms with Gasteiger partial charge in [0.15, 0.2) is 0 Å². The van der Waals surface area contributed by atoms with Gasteiger partial charge in [0, 0.05) is 5.41 Å². The third-order valence-electron chi connectivity index (χ3n) is 4.58. The van der Waals surface area contributed by atoms with E-state index in [9.17, 15) is 14.7 Å². The molecule has 20 heavy (non-hydrogen) atoms. The Morgan fingerprint density at radius 2 is 1.95 bits per heavy atom. The van der Waals surface area contributed by atoms with Crippen molar-refractivity contribution in [2.45, 2.75) is 11.8 Å². The SMILES string of the molecule is O=C(O)C1C2C=CC(c3ccccc3)(C2)C1C(=O)NO. The van der Waals surface area contributed by atoms with E-state index in [2.05, 4.69) is 0 Å². The van der Waals surface area contributed by atoms with Crippen molar-refractivity contribution >= 4 is 11.9 Å². The number of benzene rings is 1. The van der Waals surface area contributed by atoms with Crippen LogP contribution in [0.3, 0.4) is 0 Å². The zero-order valence-electron chi connectivity index (χ0n) is 10.7. The van der Waals surface area contributed by atoms with Gasteiger partial charge in [-0.2, -0.15) is 0 Å². The Kier molecular flexibility index (Phi) is 2.87. The standard InChI is InChI=1S/C15H15NO4/c17-13(16-20)12-11(14(18)19)9-6-7-15(12,8-9)10-4-2-1-3-5-10/h1-7,9,11-12,20H,8H2,(H,16,17)(H,18,19). The molecule has 4 unspecified atom stereocenters. The van der Waals surface area contributed by atoms with Crippen LogP contribution in [0.1, 0.15) is 12.0 Å². The predicted octanol–water partition coefficient (Wildman–Crippen LogP) is 1.34. The fourth-order valence-corrected chi connectivity index (χ4v) is 3.80. The van der Waals surface area contributed by atoms with E-state index < -0.39 is 29.1 Å². The summed E-state index contributed by atoms with van der Waals surface area (Å²) < 4.78 is 0. The topological polar surface area (TPSA) is 86.6 Å². The van der Waals surface area contributed by atoms with Crippen molar-refractivity contribution in [2.75, 3.05) is 0 Å². The van der Waals surface area contributed by atoms with Crippen LogP contribution in [-0.2, 0) is 15.0 Å². The lowest BCUT2D eigenvalue weighted by Gasteiger charge is -2.33. The molecule has 4 atom stereocenters. The third-order valence-corrected chi connectivity index (χ3v) is 4.58. The molecule has 1 aromatic rings. The number of hydrogen-bond acceptors (Lipinski definition) is 3. The largest absolute Gasteiger partial charge is 0.481 e. The van der Waals surface area contributed by atoms with Crippen LogP contribution < -0.4 is 5.48 Å². The monoisotopic (exact) mass is 273 g/mol. The Morgan fingerprint density at radius 3 is 2.55 bits per heavy atom. The van der Waals surface area contributed by atoms with Gasteiger partial charge in [-0.1, -0.05) is 42.5 Å². The normalized spacial score (nSPS) is 34.1. The molecule has 2 aliphatic rings. The van der Waals surface area contributed by atoms with Crippen LogP contribution in [0.25, 0.3) is 0 Å². The average Bonchev–Trinajstić information content (AvgIpc) is 3.04. The maximum Gasteiger partial charge on any atom is 0.307 e. The van der Waals surface area contributed by atoms with Crippen LogP contribution in [0.5, 0.6) is 0 Å². The minimum Gasteiger partial charge on any atom is -0.481 e. The minimum absolute atomic E-state index is 0.171. The second-order valence-electron chi connectivity index (χ2n) is 5.45. The molecule has 1 fully saturated rings. The molecule has 5 heteroatoms. The molecule has 0 saturated heterocycles. The summed E-state index contributed by atoms with van der Waals surface area (Å²) in [6, 6.07) is 9.41. The predicted molar refractivity (Wildman–Crippen MR) is 69.9 cm³/mol. The van der Waals surface area contributed by atoms with Gasteiger partial charge in [-0.25, -0.2) is 5.48 Å². The number of amides is 1. The van der Waals surface area contributed by atoms with Crippen molar-refractivity contribution in [3.05, 3.63) is 48.0 Å². The molecular formula is C15H15NO4. The van der Waals surface area contributed by atoms with E-state index in [1.807, 2.05) is 42.5 Å². The molecule has 3 N–H and O–H groups in total. The highest BCUT2D eigenvalue weighted by atomic mass is 16.5. The zero-order chi connectivity index (χ0) is 14.3. The molecule has 1 saturated carbocycles. The number of carboxylic acid groups (broad SMARTS) is 1. The number of carbonyl (C=O) groups excluding carboxylic acids is 1. The Balaban J connectivity index is 2.12. The summed E-state index contributed by atoms with van der Waals surface area (Å²) in [5.74, 6) is -3.39. The molecule has 0 heterocycles. The molecule has 0 aromatic heterocycles. The van der Waals surface area contributed by atoms with Crippen molar-refractivity contribution in [3.8, 4) is 0 Å². The highest BCUT2D eigenvalue weighted by molar-refractivity contribution is 5.88. The van der Waals surface area contributed by atoms with Gasteiger partial charge in [-0.05, 0) is 17.9 Å². The number of hydroxylamine groups is 1. The molecule has 5 nitrogen and oxygen atoms in total. The van der Waals surface area contributed by atoms with Crippen molar-refractivity contribution in [3.63, 3.8) is 0 Å². The summed E-state index contributed by atoms with van der Waals surface area (Å²) in [6.07, 6.45) is 4.39. The van der Waals surface area contributed by atoms with Crippen LogP contribution in [0, 0.1) is 17.8 Å². The van der Waals surface area contributed by atoms with E-state index in [1.54, 1.807) is 5.48 Å². The third kappa shape index (κ3) is 1.59. The number of hydrogen-bond donors (Lipinski definition) is 3.